The summed E-state index contributed by atoms with van der Waals surface area (Å²) in [5.74, 6) is 1.10. The van der Waals surface area contributed by atoms with Gasteiger partial charge in [-0.2, -0.15) is 0 Å². The van der Waals surface area contributed by atoms with Gasteiger partial charge in [-0.1, -0.05) is 20.8 Å². The monoisotopic (exact) mass is 300 g/mol. The number of ether oxygens (including phenoxy) is 2. The molecule has 116 valence electrons. The summed E-state index contributed by atoms with van der Waals surface area (Å²) < 4.78 is 16.1. The zero-order valence-electron chi connectivity index (χ0n) is 13.8. The Balaban J connectivity index is 2.51. The van der Waals surface area contributed by atoms with Crippen LogP contribution in [0, 0.1) is 11.8 Å². The van der Waals surface area contributed by atoms with Gasteiger partial charge >= 0.3 is 5.97 Å². The average Bonchev–Trinajstić information content (AvgIpc) is 3.11. The summed E-state index contributed by atoms with van der Waals surface area (Å²) in [7, 11) is 1.28. The van der Waals surface area contributed by atoms with Gasteiger partial charge in [-0.05, 0) is 30.5 Å². The molecule has 20 heavy (non-hydrogen) atoms. The van der Waals surface area contributed by atoms with Gasteiger partial charge in [0.15, 0.2) is 8.32 Å². The van der Waals surface area contributed by atoms with E-state index in [1.807, 2.05) is 0 Å². The number of methoxy groups -OCH3 is 2. The van der Waals surface area contributed by atoms with E-state index < -0.39 is 8.32 Å². The minimum atomic E-state index is -1.69. The Bertz CT molecular complexity index is 382. The normalized spacial score (nSPS) is 23.4. The Labute approximate surface area is 123 Å². The number of hydrogen-bond donors (Lipinski definition) is 0. The lowest BCUT2D eigenvalue weighted by Gasteiger charge is -2.36. The third-order valence-electron chi connectivity index (χ3n) is 4.45. The number of allylic oxidation sites excluding steroid dienone is 1. The topological polar surface area (TPSA) is 44.8 Å². The van der Waals surface area contributed by atoms with Crippen LogP contribution in [0.4, 0.5) is 0 Å². The second-order valence-corrected chi connectivity index (χ2v) is 11.8. The van der Waals surface area contributed by atoms with Crippen LogP contribution in [0.2, 0.25) is 18.1 Å². The average molecular weight is 300 g/mol. The number of esters is 1. The molecule has 0 amide bonds. The van der Waals surface area contributed by atoms with E-state index in [0.717, 1.165) is 13.0 Å². The summed E-state index contributed by atoms with van der Waals surface area (Å²) in [6, 6.07) is 0. The third kappa shape index (κ3) is 4.35. The SMILES string of the molecule is COC(=O)/C=C(/OC)[C@@H]1C[C@@H]1CO[Si](C)(C)C(C)(C)C. The molecule has 0 heterocycles. The van der Waals surface area contributed by atoms with Crippen molar-refractivity contribution >= 4 is 14.3 Å². The maximum atomic E-state index is 11.3. The van der Waals surface area contributed by atoms with Crippen LogP contribution in [-0.2, 0) is 18.7 Å². The van der Waals surface area contributed by atoms with Crippen LogP contribution in [-0.4, -0.2) is 35.1 Å². The fourth-order valence-corrected chi connectivity index (χ4v) is 2.87. The Morgan fingerprint density at radius 1 is 1.25 bits per heavy atom. The molecule has 1 fully saturated rings. The van der Waals surface area contributed by atoms with E-state index in [0.29, 0.717) is 17.6 Å². The first-order valence-electron chi connectivity index (χ1n) is 7.10. The molecule has 0 bridgehead atoms. The van der Waals surface area contributed by atoms with Crippen molar-refractivity contribution in [3.05, 3.63) is 11.8 Å². The van der Waals surface area contributed by atoms with Crippen LogP contribution in [0.3, 0.4) is 0 Å². The van der Waals surface area contributed by atoms with Crippen LogP contribution in [0.5, 0.6) is 0 Å². The molecular weight excluding hydrogens is 272 g/mol. The van der Waals surface area contributed by atoms with Crippen molar-refractivity contribution in [1.29, 1.82) is 0 Å². The summed E-state index contributed by atoms with van der Waals surface area (Å²) in [4.78, 5) is 11.3. The molecule has 0 aromatic heterocycles. The predicted octanol–water partition coefficient (Wildman–Crippen LogP) is 3.35. The van der Waals surface area contributed by atoms with Crippen molar-refractivity contribution in [2.75, 3.05) is 20.8 Å². The summed E-state index contributed by atoms with van der Waals surface area (Å²) in [6.07, 6.45) is 2.46. The first kappa shape index (κ1) is 17.2. The minimum absolute atomic E-state index is 0.226. The van der Waals surface area contributed by atoms with Gasteiger partial charge in [0, 0.05) is 12.5 Å². The lowest BCUT2D eigenvalue weighted by Crippen LogP contribution is -2.41. The molecule has 4 nitrogen and oxygen atoms in total. The molecule has 0 radical (unpaired) electrons. The molecule has 1 rings (SSSR count). The highest BCUT2D eigenvalue weighted by atomic mass is 28.4. The van der Waals surface area contributed by atoms with E-state index in [1.165, 1.54) is 13.2 Å². The van der Waals surface area contributed by atoms with Crippen LogP contribution in [0.15, 0.2) is 11.8 Å². The summed E-state index contributed by atoms with van der Waals surface area (Å²) in [5, 5.41) is 0.226. The largest absolute Gasteiger partial charge is 0.501 e. The second-order valence-electron chi connectivity index (χ2n) is 6.95. The molecule has 0 aromatic rings. The Kier molecular flexibility index (Phi) is 5.44. The smallest absolute Gasteiger partial charge is 0.333 e. The van der Waals surface area contributed by atoms with E-state index in [1.54, 1.807) is 7.11 Å². The summed E-state index contributed by atoms with van der Waals surface area (Å²) in [6.45, 7) is 12.0. The number of hydrogen-bond acceptors (Lipinski definition) is 4. The highest BCUT2D eigenvalue weighted by molar-refractivity contribution is 6.74. The molecule has 0 saturated heterocycles. The van der Waals surface area contributed by atoms with Crippen molar-refractivity contribution in [3.63, 3.8) is 0 Å². The minimum Gasteiger partial charge on any atom is -0.501 e. The first-order chi connectivity index (χ1) is 9.12. The molecule has 1 saturated carbocycles. The van der Waals surface area contributed by atoms with Crippen molar-refractivity contribution in [1.82, 2.24) is 0 Å². The summed E-state index contributed by atoms with van der Waals surface area (Å²) >= 11 is 0. The van der Waals surface area contributed by atoms with Crippen molar-refractivity contribution in [2.24, 2.45) is 11.8 Å². The Hall–Kier alpha value is -0.813. The van der Waals surface area contributed by atoms with Crippen molar-refractivity contribution in [3.8, 4) is 0 Å². The fourth-order valence-electron chi connectivity index (χ4n) is 1.80. The molecule has 2 atom stereocenters. The molecule has 0 aliphatic heterocycles. The number of rotatable bonds is 6. The van der Waals surface area contributed by atoms with Gasteiger partial charge in [-0.25, -0.2) is 4.79 Å². The van der Waals surface area contributed by atoms with Crippen molar-refractivity contribution in [2.45, 2.75) is 45.3 Å². The van der Waals surface area contributed by atoms with Gasteiger partial charge in [0.25, 0.3) is 0 Å². The molecule has 1 aliphatic carbocycles. The second kappa shape index (κ2) is 6.31. The van der Waals surface area contributed by atoms with Gasteiger partial charge in [0.1, 0.15) is 5.76 Å². The molecule has 5 heteroatoms. The van der Waals surface area contributed by atoms with Gasteiger partial charge in [0.2, 0.25) is 0 Å². The molecule has 0 unspecified atom stereocenters. The van der Waals surface area contributed by atoms with Gasteiger partial charge in [0.05, 0.1) is 20.3 Å². The summed E-state index contributed by atoms with van der Waals surface area (Å²) in [5.41, 5.74) is 0. The Morgan fingerprint density at radius 3 is 2.30 bits per heavy atom. The Morgan fingerprint density at radius 2 is 1.85 bits per heavy atom. The molecule has 0 spiro atoms. The van der Waals surface area contributed by atoms with Crippen LogP contribution >= 0.6 is 0 Å². The predicted molar refractivity (Wildman–Crippen MR) is 81.9 cm³/mol. The van der Waals surface area contributed by atoms with E-state index in [4.69, 9.17) is 9.16 Å². The zero-order chi connectivity index (χ0) is 15.6. The molecule has 0 aromatic carbocycles. The lowest BCUT2D eigenvalue weighted by molar-refractivity contribution is -0.135. The van der Waals surface area contributed by atoms with Crippen LogP contribution < -0.4 is 0 Å². The standard InChI is InChI=1S/C15H28O4Si/c1-15(2,3)20(6,7)19-10-11-8-12(11)13(17-4)9-14(16)18-5/h9,11-12H,8,10H2,1-7H3/b13-9+/t11-,12-/m1/s1. The van der Waals surface area contributed by atoms with E-state index in [2.05, 4.69) is 38.6 Å². The molecular formula is C15H28O4Si. The highest BCUT2D eigenvalue weighted by Gasteiger charge is 2.44. The van der Waals surface area contributed by atoms with Gasteiger partial charge < -0.3 is 13.9 Å². The number of carbonyl (C=O) groups is 1. The molecule has 1 aliphatic rings. The van der Waals surface area contributed by atoms with E-state index in [9.17, 15) is 4.79 Å². The van der Waals surface area contributed by atoms with Crippen molar-refractivity contribution < 1.29 is 18.7 Å². The number of carbonyl (C=O) groups excluding carboxylic acids is 1. The highest BCUT2D eigenvalue weighted by Crippen LogP contribution is 2.46. The quantitative estimate of drug-likeness (QED) is 0.326. The molecule has 0 N–H and O–H groups in total. The zero-order valence-corrected chi connectivity index (χ0v) is 14.8. The third-order valence-corrected chi connectivity index (χ3v) is 8.95. The maximum absolute atomic E-state index is 11.3. The fraction of sp³-hybridized carbons (Fsp3) is 0.800. The van der Waals surface area contributed by atoms with Gasteiger partial charge in [-0.3, -0.25) is 0 Å². The van der Waals surface area contributed by atoms with Gasteiger partial charge in [-0.15, -0.1) is 0 Å². The maximum Gasteiger partial charge on any atom is 0.333 e. The van der Waals surface area contributed by atoms with Crippen LogP contribution in [0.25, 0.3) is 0 Å². The van der Waals surface area contributed by atoms with Crippen LogP contribution in [0.1, 0.15) is 27.2 Å². The van der Waals surface area contributed by atoms with E-state index in [-0.39, 0.29) is 11.0 Å². The van der Waals surface area contributed by atoms with E-state index >= 15 is 0 Å². The lowest BCUT2D eigenvalue weighted by atomic mass is 10.2. The first-order valence-corrected chi connectivity index (χ1v) is 10.0.